The molecule has 1 aromatic rings. The van der Waals surface area contributed by atoms with E-state index in [4.69, 9.17) is 0 Å². The van der Waals surface area contributed by atoms with Crippen molar-refractivity contribution in [2.24, 2.45) is 0 Å². The van der Waals surface area contributed by atoms with Gasteiger partial charge in [0.2, 0.25) is 0 Å². The summed E-state index contributed by atoms with van der Waals surface area (Å²) < 4.78 is 9.14. The van der Waals surface area contributed by atoms with Crippen LogP contribution in [0.15, 0.2) is 18.2 Å². The van der Waals surface area contributed by atoms with Crippen molar-refractivity contribution in [3.05, 3.63) is 29.3 Å². The fourth-order valence-corrected chi connectivity index (χ4v) is 1.30. The van der Waals surface area contributed by atoms with Crippen LogP contribution in [-0.4, -0.2) is 32.7 Å². The maximum absolute atomic E-state index is 11.3. The molecule has 1 N–H and O–H groups in total. The number of esters is 2. The van der Waals surface area contributed by atoms with Gasteiger partial charge in [-0.2, -0.15) is 0 Å². The topological polar surface area (TPSA) is 64.6 Å². The minimum atomic E-state index is -0.411. The largest absolute Gasteiger partial charge is 0.468 e. The quantitative estimate of drug-likeness (QED) is 0.801. The first-order valence-electron chi connectivity index (χ1n) is 5.08. The van der Waals surface area contributed by atoms with Crippen LogP contribution < -0.4 is 5.32 Å². The van der Waals surface area contributed by atoms with Gasteiger partial charge in [-0.15, -0.1) is 0 Å². The predicted molar refractivity (Wildman–Crippen MR) is 63.0 cm³/mol. The highest BCUT2D eigenvalue weighted by Gasteiger charge is 2.08. The standard InChI is InChI=1S/C12H15NO4/c1-8-4-5-9(12(15)17-3)6-10(8)13-7-11(14)16-2/h4-6,13H,7H2,1-3H3. The fraction of sp³-hybridized carbons (Fsp3) is 0.333. The average Bonchev–Trinajstić information content (AvgIpc) is 2.36. The zero-order chi connectivity index (χ0) is 12.8. The molecule has 92 valence electrons. The second-order valence-electron chi connectivity index (χ2n) is 3.45. The van der Waals surface area contributed by atoms with Gasteiger partial charge in [0.05, 0.1) is 19.8 Å². The summed E-state index contributed by atoms with van der Waals surface area (Å²) in [7, 11) is 2.64. The van der Waals surface area contributed by atoms with E-state index < -0.39 is 5.97 Å². The molecule has 0 spiro atoms. The Balaban J connectivity index is 2.83. The van der Waals surface area contributed by atoms with E-state index in [-0.39, 0.29) is 12.5 Å². The van der Waals surface area contributed by atoms with Crippen LogP contribution in [0.3, 0.4) is 0 Å². The normalized spacial score (nSPS) is 9.59. The third-order valence-corrected chi connectivity index (χ3v) is 2.31. The Kier molecular flexibility index (Phi) is 4.51. The molecule has 5 nitrogen and oxygen atoms in total. The number of rotatable bonds is 4. The number of carbonyl (C=O) groups excluding carboxylic acids is 2. The van der Waals surface area contributed by atoms with Gasteiger partial charge < -0.3 is 14.8 Å². The van der Waals surface area contributed by atoms with E-state index in [9.17, 15) is 9.59 Å². The van der Waals surface area contributed by atoms with E-state index >= 15 is 0 Å². The molecule has 0 saturated carbocycles. The Morgan fingerprint density at radius 2 is 1.94 bits per heavy atom. The first kappa shape index (κ1) is 13.0. The molecule has 1 aromatic carbocycles. The molecule has 0 aliphatic rings. The number of nitrogens with one attached hydrogen (secondary N) is 1. The van der Waals surface area contributed by atoms with Gasteiger partial charge in [-0.05, 0) is 24.6 Å². The summed E-state index contributed by atoms with van der Waals surface area (Å²) in [6.45, 7) is 1.93. The monoisotopic (exact) mass is 237 g/mol. The molecule has 0 heterocycles. The summed E-state index contributed by atoms with van der Waals surface area (Å²) >= 11 is 0. The lowest BCUT2D eigenvalue weighted by Gasteiger charge is -2.09. The molecular formula is C12H15NO4. The predicted octanol–water partition coefficient (Wildman–Crippen LogP) is 1.37. The molecule has 0 amide bonds. The summed E-state index contributed by atoms with van der Waals surface area (Å²) in [5, 5.41) is 2.90. The highest BCUT2D eigenvalue weighted by molar-refractivity contribution is 5.91. The zero-order valence-electron chi connectivity index (χ0n) is 10.1. The number of hydrogen-bond acceptors (Lipinski definition) is 5. The SMILES string of the molecule is COC(=O)CNc1cc(C(=O)OC)ccc1C. The van der Waals surface area contributed by atoms with Crippen molar-refractivity contribution < 1.29 is 19.1 Å². The summed E-state index contributed by atoms with van der Waals surface area (Å²) in [4.78, 5) is 22.3. The lowest BCUT2D eigenvalue weighted by atomic mass is 10.1. The molecule has 0 saturated heterocycles. The highest BCUT2D eigenvalue weighted by atomic mass is 16.5. The summed E-state index contributed by atoms with van der Waals surface area (Å²) in [6, 6.07) is 5.10. The molecule has 0 fully saturated rings. The molecule has 5 heteroatoms. The Bertz CT molecular complexity index is 429. The molecule has 0 atom stereocenters. The second kappa shape index (κ2) is 5.89. The minimum Gasteiger partial charge on any atom is -0.468 e. The van der Waals surface area contributed by atoms with Gasteiger partial charge in [-0.3, -0.25) is 4.79 Å². The maximum Gasteiger partial charge on any atom is 0.337 e. The fourth-order valence-electron chi connectivity index (χ4n) is 1.30. The first-order valence-corrected chi connectivity index (χ1v) is 5.08. The summed E-state index contributed by atoms with van der Waals surface area (Å²) in [5.74, 6) is -0.779. The minimum absolute atomic E-state index is 0.0575. The van der Waals surface area contributed by atoms with Crippen LogP contribution in [0.5, 0.6) is 0 Å². The highest BCUT2D eigenvalue weighted by Crippen LogP contribution is 2.17. The van der Waals surface area contributed by atoms with E-state index in [0.717, 1.165) is 5.56 Å². The second-order valence-corrected chi connectivity index (χ2v) is 3.45. The molecule has 0 aliphatic heterocycles. The van der Waals surface area contributed by atoms with Crippen molar-refractivity contribution in [3.63, 3.8) is 0 Å². The number of anilines is 1. The summed E-state index contributed by atoms with van der Waals surface area (Å²) in [5.41, 5.74) is 2.07. The number of hydrogen-bond donors (Lipinski definition) is 1. The van der Waals surface area contributed by atoms with Crippen LogP contribution in [-0.2, 0) is 14.3 Å². The van der Waals surface area contributed by atoms with Crippen molar-refractivity contribution in [2.75, 3.05) is 26.1 Å². The third kappa shape index (κ3) is 3.48. The van der Waals surface area contributed by atoms with E-state index in [0.29, 0.717) is 11.3 Å². The molecular weight excluding hydrogens is 222 g/mol. The van der Waals surface area contributed by atoms with Crippen LogP contribution in [0, 0.1) is 6.92 Å². The van der Waals surface area contributed by atoms with Crippen LogP contribution in [0.2, 0.25) is 0 Å². The third-order valence-electron chi connectivity index (χ3n) is 2.31. The van der Waals surface area contributed by atoms with Crippen molar-refractivity contribution in [1.29, 1.82) is 0 Å². The molecule has 0 aliphatic carbocycles. The van der Waals surface area contributed by atoms with Gasteiger partial charge in [0.15, 0.2) is 0 Å². The number of carbonyl (C=O) groups is 2. The molecule has 1 rings (SSSR count). The van der Waals surface area contributed by atoms with Crippen LogP contribution >= 0.6 is 0 Å². The van der Waals surface area contributed by atoms with Gasteiger partial charge in [0.25, 0.3) is 0 Å². The van der Waals surface area contributed by atoms with Crippen molar-refractivity contribution >= 4 is 17.6 Å². The van der Waals surface area contributed by atoms with Crippen LogP contribution in [0.25, 0.3) is 0 Å². The van der Waals surface area contributed by atoms with Crippen molar-refractivity contribution in [1.82, 2.24) is 0 Å². The van der Waals surface area contributed by atoms with Crippen LogP contribution in [0.1, 0.15) is 15.9 Å². The zero-order valence-corrected chi connectivity index (χ0v) is 10.1. The molecule has 0 radical (unpaired) electrons. The number of methoxy groups -OCH3 is 2. The Morgan fingerprint density at radius 1 is 1.24 bits per heavy atom. The van der Waals surface area contributed by atoms with E-state index in [1.54, 1.807) is 18.2 Å². The van der Waals surface area contributed by atoms with Crippen LogP contribution in [0.4, 0.5) is 5.69 Å². The molecule has 0 bridgehead atoms. The maximum atomic E-state index is 11.3. The lowest BCUT2D eigenvalue weighted by molar-refractivity contribution is -0.138. The molecule has 0 aromatic heterocycles. The van der Waals surface area contributed by atoms with Gasteiger partial charge >= 0.3 is 11.9 Å². The smallest absolute Gasteiger partial charge is 0.337 e. The van der Waals surface area contributed by atoms with E-state index in [1.807, 2.05) is 6.92 Å². The van der Waals surface area contributed by atoms with Gasteiger partial charge in [0, 0.05) is 5.69 Å². The Labute approximate surface area is 99.7 Å². The van der Waals surface area contributed by atoms with Gasteiger partial charge in [-0.25, -0.2) is 4.79 Å². The molecule has 0 unspecified atom stereocenters. The molecule has 17 heavy (non-hydrogen) atoms. The Hall–Kier alpha value is -2.04. The summed E-state index contributed by atoms with van der Waals surface area (Å²) in [6.07, 6.45) is 0. The average molecular weight is 237 g/mol. The lowest BCUT2D eigenvalue weighted by Crippen LogP contribution is -2.16. The number of aryl methyl sites for hydroxylation is 1. The Morgan fingerprint density at radius 3 is 2.53 bits per heavy atom. The number of benzene rings is 1. The number of ether oxygens (including phenoxy) is 2. The van der Waals surface area contributed by atoms with Gasteiger partial charge in [0.1, 0.15) is 6.54 Å². The van der Waals surface area contributed by atoms with Crippen molar-refractivity contribution in [2.45, 2.75) is 6.92 Å². The van der Waals surface area contributed by atoms with E-state index in [1.165, 1.54) is 14.2 Å². The van der Waals surface area contributed by atoms with E-state index in [2.05, 4.69) is 14.8 Å². The van der Waals surface area contributed by atoms with Gasteiger partial charge in [-0.1, -0.05) is 6.07 Å². The van der Waals surface area contributed by atoms with Crippen molar-refractivity contribution in [3.8, 4) is 0 Å². The first-order chi connectivity index (χ1) is 8.08.